The van der Waals surface area contributed by atoms with Gasteiger partial charge in [0.2, 0.25) is 0 Å². The van der Waals surface area contributed by atoms with Crippen molar-refractivity contribution in [2.45, 2.75) is 6.42 Å². The number of amides is 1. The van der Waals surface area contributed by atoms with Gasteiger partial charge in [0, 0.05) is 25.4 Å². The van der Waals surface area contributed by atoms with Crippen LogP contribution in [-0.2, 0) is 6.42 Å². The number of ether oxygens (including phenoxy) is 2. The lowest BCUT2D eigenvalue weighted by Gasteiger charge is -2.12. The number of aromatic nitrogens is 2. The van der Waals surface area contributed by atoms with E-state index in [4.69, 9.17) is 21.1 Å². The molecule has 3 aromatic rings. The molecule has 1 N–H and O–H groups in total. The highest BCUT2D eigenvalue weighted by atomic mass is 35.5. The molecule has 0 saturated carbocycles. The maximum Gasteiger partial charge on any atom is 0.258 e. The Morgan fingerprint density at radius 1 is 1.16 bits per heavy atom. The predicted octanol–water partition coefficient (Wildman–Crippen LogP) is 2.98. The van der Waals surface area contributed by atoms with Crippen LogP contribution in [0.1, 0.15) is 16.1 Å². The lowest BCUT2D eigenvalue weighted by molar-refractivity contribution is 0.0948. The highest BCUT2D eigenvalue weighted by Gasteiger charge is 2.17. The molecule has 0 aliphatic rings. The van der Waals surface area contributed by atoms with Crippen LogP contribution < -0.4 is 14.8 Å². The molecule has 0 atom stereocenters. The molecule has 1 amide bonds. The Labute approximate surface area is 150 Å². The van der Waals surface area contributed by atoms with Crippen molar-refractivity contribution in [1.29, 1.82) is 0 Å². The van der Waals surface area contributed by atoms with E-state index in [1.54, 1.807) is 30.5 Å². The zero-order valence-electron chi connectivity index (χ0n) is 14.0. The van der Waals surface area contributed by atoms with Gasteiger partial charge in [-0.15, -0.1) is 0 Å². The standard InChI is InChI=1S/C18H18ClN3O3/c1-24-14-4-3-5-15(25-2)17(14)18(23)20-9-8-13-11-22-10-12(19)6-7-16(22)21-13/h3-7,10-11H,8-9H2,1-2H3,(H,20,23). The Morgan fingerprint density at radius 3 is 2.56 bits per heavy atom. The fourth-order valence-corrected chi connectivity index (χ4v) is 2.77. The van der Waals surface area contributed by atoms with Crippen molar-refractivity contribution in [3.05, 3.63) is 59.0 Å². The van der Waals surface area contributed by atoms with Crippen LogP contribution in [0.3, 0.4) is 0 Å². The second-order valence-corrected chi connectivity index (χ2v) is 5.82. The van der Waals surface area contributed by atoms with Crippen LogP contribution in [-0.4, -0.2) is 36.1 Å². The zero-order chi connectivity index (χ0) is 17.8. The summed E-state index contributed by atoms with van der Waals surface area (Å²) in [5.41, 5.74) is 2.07. The second kappa shape index (κ2) is 7.44. The van der Waals surface area contributed by atoms with Crippen molar-refractivity contribution in [3.8, 4) is 11.5 Å². The molecular formula is C18H18ClN3O3. The molecule has 0 aliphatic carbocycles. The summed E-state index contributed by atoms with van der Waals surface area (Å²) in [6, 6.07) is 8.87. The normalized spacial score (nSPS) is 10.7. The number of halogens is 1. The molecule has 25 heavy (non-hydrogen) atoms. The van der Waals surface area contributed by atoms with Gasteiger partial charge in [0.05, 0.1) is 24.9 Å². The number of fused-ring (bicyclic) bond motifs is 1. The maximum absolute atomic E-state index is 12.5. The van der Waals surface area contributed by atoms with E-state index in [0.717, 1.165) is 11.3 Å². The van der Waals surface area contributed by atoms with E-state index in [2.05, 4.69) is 10.3 Å². The van der Waals surface area contributed by atoms with Gasteiger partial charge in [-0.2, -0.15) is 0 Å². The number of benzene rings is 1. The van der Waals surface area contributed by atoms with Crippen molar-refractivity contribution in [3.63, 3.8) is 0 Å². The zero-order valence-corrected chi connectivity index (χ0v) is 14.7. The van der Waals surface area contributed by atoms with Crippen LogP contribution in [0.5, 0.6) is 11.5 Å². The lowest BCUT2D eigenvalue weighted by Crippen LogP contribution is -2.26. The summed E-state index contributed by atoms with van der Waals surface area (Å²) in [5.74, 6) is 0.694. The molecule has 0 fully saturated rings. The van der Waals surface area contributed by atoms with Gasteiger partial charge in [-0.05, 0) is 24.3 Å². The summed E-state index contributed by atoms with van der Waals surface area (Å²) < 4.78 is 12.4. The Balaban J connectivity index is 1.68. The van der Waals surface area contributed by atoms with E-state index in [-0.39, 0.29) is 5.91 Å². The van der Waals surface area contributed by atoms with Crippen molar-refractivity contribution in [1.82, 2.24) is 14.7 Å². The van der Waals surface area contributed by atoms with E-state index in [1.807, 2.05) is 16.7 Å². The summed E-state index contributed by atoms with van der Waals surface area (Å²) in [4.78, 5) is 17.0. The molecule has 3 rings (SSSR count). The van der Waals surface area contributed by atoms with Crippen molar-refractivity contribution in [2.75, 3.05) is 20.8 Å². The van der Waals surface area contributed by atoms with Crippen molar-refractivity contribution >= 4 is 23.2 Å². The number of hydrogen-bond acceptors (Lipinski definition) is 4. The van der Waals surface area contributed by atoms with Crippen LogP contribution >= 0.6 is 11.6 Å². The molecule has 0 radical (unpaired) electrons. The van der Waals surface area contributed by atoms with Crippen LogP contribution in [0.25, 0.3) is 5.65 Å². The third-order valence-corrected chi connectivity index (χ3v) is 4.01. The molecule has 0 saturated heterocycles. The molecular weight excluding hydrogens is 342 g/mol. The van der Waals surface area contributed by atoms with Crippen LogP contribution in [0.2, 0.25) is 5.02 Å². The second-order valence-electron chi connectivity index (χ2n) is 5.39. The first-order valence-corrected chi connectivity index (χ1v) is 8.12. The number of carbonyl (C=O) groups excluding carboxylic acids is 1. The van der Waals surface area contributed by atoms with Gasteiger partial charge < -0.3 is 19.2 Å². The van der Waals surface area contributed by atoms with Crippen molar-refractivity contribution < 1.29 is 14.3 Å². The quantitative estimate of drug-likeness (QED) is 0.735. The Morgan fingerprint density at radius 2 is 1.88 bits per heavy atom. The minimum atomic E-state index is -0.249. The van der Waals surface area contributed by atoms with E-state index in [0.29, 0.717) is 35.1 Å². The number of methoxy groups -OCH3 is 2. The number of carbonyl (C=O) groups is 1. The van der Waals surface area contributed by atoms with Gasteiger partial charge >= 0.3 is 0 Å². The highest BCUT2D eigenvalue weighted by molar-refractivity contribution is 6.30. The lowest BCUT2D eigenvalue weighted by atomic mass is 10.1. The number of hydrogen-bond donors (Lipinski definition) is 1. The van der Waals surface area contributed by atoms with Gasteiger partial charge in [0.1, 0.15) is 22.7 Å². The van der Waals surface area contributed by atoms with E-state index >= 15 is 0 Å². The highest BCUT2D eigenvalue weighted by Crippen LogP contribution is 2.27. The predicted molar refractivity (Wildman–Crippen MR) is 95.8 cm³/mol. The first kappa shape index (κ1) is 17.1. The SMILES string of the molecule is COc1cccc(OC)c1C(=O)NCCc1cn2cc(Cl)ccc2n1. The number of imidazole rings is 1. The first-order chi connectivity index (χ1) is 12.1. The molecule has 0 unspecified atom stereocenters. The molecule has 0 bridgehead atoms. The molecule has 0 aliphatic heterocycles. The summed E-state index contributed by atoms with van der Waals surface area (Å²) in [5, 5.41) is 3.52. The first-order valence-electron chi connectivity index (χ1n) is 7.74. The Kier molecular flexibility index (Phi) is 5.09. The molecule has 2 aromatic heterocycles. The Hall–Kier alpha value is -2.73. The van der Waals surface area contributed by atoms with Gasteiger partial charge in [-0.1, -0.05) is 17.7 Å². The third-order valence-electron chi connectivity index (χ3n) is 3.79. The monoisotopic (exact) mass is 359 g/mol. The average molecular weight is 360 g/mol. The van der Waals surface area contributed by atoms with Crippen LogP contribution in [0.15, 0.2) is 42.7 Å². The van der Waals surface area contributed by atoms with Gasteiger partial charge in [-0.3, -0.25) is 4.79 Å². The fraction of sp³-hybridized carbons (Fsp3) is 0.222. The largest absolute Gasteiger partial charge is 0.496 e. The van der Waals surface area contributed by atoms with Gasteiger partial charge in [0.25, 0.3) is 5.91 Å². The molecule has 6 nitrogen and oxygen atoms in total. The maximum atomic E-state index is 12.5. The molecule has 130 valence electrons. The summed E-state index contributed by atoms with van der Waals surface area (Å²) >= 11 is 5.97. The minimum absolute atomic E-state index is 0.249. The summed E-state index contributed by atoms with van der Waals surface area (Å²) in [6.45, 7) is 0.442. The minimum Gasteiger partial charge on any atom is -0.496 e. The molecule has 1 aromatic carbocycles. The average Bonchev–Trinajstić information content (AvgIpc) is 3.02. The fourth-order valence-electron chi connectivity index (χ4n) is 2.61. The number of nitrogens with one attached hydrogen (secondary N) is 1. The molecule has 7 heteroatoms. The number of rotatable bonds is 6. The van der Waals surface area contributed by atoms with Gasteiger partial charge in [0.15, 0.2) is 0 Å². The van der Waals surface area contributed by atoms with E-state index in [9.17, 15) is 4.79 Å². The van der Waals surface area contributed by atoms with Crippen LogP contribution in [0, 0.1) is 0 Å². The molecule has 0 spiro atoms. The Bertz CT molecular complexity index is 885. The topological polar surface area (TPSA) is 64.9 Å². The number of nitrogens with zero attached hydrogens (tertiary/aromatic N) is 2. The van der Waals surface area contributed by atoms with E-state index < -0.39 is 0 Å². The number of pyridine rings is 1. The third kappa shape index (κ3) is 3.69. The van der Waals surface area contributed by atoms with Crippen LogP contribution in [0.4, 0.5) is 0 Å². The van der Waals surface area contributed by atoms with Gasteiger partial charge in [-0.25, -0.2) is 4.98 Å². The summed E-state index contributed by atoms with van der Waals surface area (Å²) in [6.07, 6.45) is 4.30. The van der Waals surface area contributed by atoms with E-state index in [1.165, 1.54) is 14.2 Å². The van der Waals surface area contributed by atoms with Crippen molar-refractivity contribution in [2.24, 2.45) is 0 Å². The smallest absolute Gasteiger partial charge is 0.258 e. The molecule has 2 heterocycles. The summed E-state index contributed by atoms with van der Waals surface area (Å²) in [7, 11) is 3.04.